The molecule has 18 heavy (non-hydrogen) atoms. The lowest BCUT2D eigenvalue weighted by atomic mass is 10.2. The number of H-pyrrole nitrogens is 1. The zero-order valence-corrected chi connectivity index (χ0v) is 11.1. The highest BCUT2D eigenvalue weighted by Crippen LogP contribution is 2.11. The first-order valence-corrected chi connectivity index (χ1v) is 5.82. The Morgan fingerprint density at radius 2 is 2.28 bits per heavy atom. The molecule has 0 aliphatic carbocycles. The number of carbonyl (C=O) groups is 1. The van der Waals surface area contributed by atoms with E-state index in [4.69, 9.17) is 10.5 Å². The number of carbonyl (C=O) groups excluding carboxylic acids is 1. The van der Waals surface area contributed by atoms with Crippen LogP contribution in [-0.2, 0) is 4.74 Å². The van der Waals surface area contributed by atoms with Crippen molar-refractivity contribution in [2.45, 2.75) is 6.92 Å². The molecule has 0 bridgehead atoms. The summed E-state index contributed by atoms with van der Waals surface area (Å²) >= 11 is 0. The SMILES string of the molecule is COCCN(C)CCNC(=O)c1c(N)n[nH]c1C. The van der Waals surface area contributed by atoms with Crippen LogP contribution in [0, 0.1) is 6.92 Å². The molecule has 0 saturated heterocycles. The first-order chi connectivity index (χ1) is 8.56. The van der Waals surface area contributed by atoms with Gasteiger partial charge in [-0.1, -0.05) is 0 Å². The van der Waals surface area contributed by atoms with Crippen molar-refractivity contribution in [1.82, 2.24) is 20.4 Å². The third-order valence-corrected chi connectivity index (χ3v) is 2.66. The number of anilines is 1. The second-order valence-corrected chi connectivity index (χ2v) is 4.16. The number of nitrogen functional groups attached to an aromatic ring is 1. The minimum absolute atomic E-state index is 0.195. The minimum atomic E-state index is -0.195. The number of hydrogen-bond acceptors (Lipinski definition) is 5. The van der Waals surface area contributed by atoms with Crippen molar-refractivity contribution < 1.29 is 9.53 Å². The summed E-state index contributed by atoms with van der Waals surface area (Å²) in [5, 5.41) is 9.28. The van der Waals surface area contributed by atoms with E-state index >= 15 is 0 Å². The number of nitrogens with one attached hydrogen (secondary N) is 2. The van der Waals surface area contributed by atoms with Crippen molar-refractivity contribution in [3.63, 3.8) is 0 Å². The zero-order valence-electron chi connectivity index (χ0n) is 11.1. The van der Waals surface area contributed by atoms with Crippen LogP contribution in [0.3, 0.4) is 0 Å². The van der Waals surface area contributed by atoms with Crippen LogP contribution >= 0.6 is 0 Å². The number of aromatic amines is 1. The second-order valence-electron chi connectivity index (χ2n) is 4.16. The van der Waals surface area contributed by atoms with Gasteiger partial charge in [-0.15, -0.1) is 0 Å². The van der Waals surface area contributed by atoms with Gasteiger partial charge < -0.3 is 20.7 Å². The lowest BCUT2D eigenvalue weighted by Gasteiger charge is -2.16. The molecule has 1 aromatic heterocycles. The van der Waals surface area contributed by atoms with E-state index in [1.165, 1.54) is 0 Å². The Balaban J connectivity index is 2.34. The molecule has 0 aliphatic rings. The lowest BCUT2D eigenvalue weighted by molar-refractivity contribution is 0.0948. The molecule has 4 N–H and O–H groups in total. The summed E-state index contributed by atoms with van der Waals surface area (Å²) in [5.41, 5.74) is 6.71. The molecule has 0 radical (unpaired) electrons. The van der Waals surface area contributed by atoms with Crippen molar-refractivity contribution >= 4 is 11.7 Å². The highest BCUT2D eigenvalue weighted by Gasteiger charge is 2.15. The maximum absolute atomic E-state index is 11.8. The number of methoxy groups -OCH3 is 1. The zero-order chi connectivity index (χ0) is 13.5. The molecule has 1 aromatic rings. The molecule has 1 heterocycles. The van der Waals surface area contributed by atoms with Gasteiger partial charge in [0.1, 0.15) is 5.56 Å². The van der Waals surface area contributed by atoms with Crippen LogP contribution in [-0.4, -0.2) is 61.4 Å². The van der Waals surface area contributed by atoms with Gasteiger partial charge >= 0.3 is 0 Å². The normalized spacial score (nSPS) is 10.9. The number of amides is 1. The number of ether oxygens (including phenoxy) is 1. The van der Waals surface area contributed by atoms with Gasteiger partial charge in [-0.2, -0.15) is 5.10 Å². The molecule has 102 valence electrons. The molecular formula is C11H21N5O2. The Kier molecular flexibility index (Phi) is 5.60. The number of rotatable bonds is 7. The first kappa shape index (κ1) is 14.5. The minimum Gasteiger partial charge on any atom is -0.383 e. The summed E-state index contributed by atoms with van der Waals surface area (Å²) < 4.78 is 4.97. The smallest absolute Gasteiger partial charge is 0.256 e. The van der Waals surface area contributed by atoms with Crippen molar-refractivity contribution in [2.24, 2.45) is 0 Å². The third kappa shape index (κ3) is 4.01. The van der Waals surface area contributed by atoms with E-state index in [1.54, 1.807) is 14.0 Å². The highest BCUT2D eigenvalue weighted by molar-refractivity contribution is 5.99. The van der Waals surface area contributed by atoms with Crippen LogP contribution in [0.5, 0.6) is 0 Å². The Bertz CT molecular complexity index is 371. The topological polar surface area (TPSA) is 96.3 Å². The van der Waals surface area contributed by atoms with Crippen molar-refractivity contribution in [2.75, 3.05) is 46.1 Å². The number of likely N-dealkylation sites (N-methyl/N-ethyl adjacent to an activating group) is 1. The molecule has 0 fully saturated rings. The second kappa shape index (κ2) is 6.97. The van der Waals surface area contributed by atoms with Gasteiger partial charge in [0.25, 0.3) is 5.91 Å². The van der Waals surface area contributed by atoms with E-state index in [1.807, 2.05) is 7.05 Å². The van der Waals surface area contributed by atoms with E-state index in [9.17, 15) is 4.79 Å². The molecule has 7 heteroatoms. The third-order valence-electron chi connectivity index (χ3n) is 2.66. The molecule has 0 spiro atoms. The highest BCUT2D eigenvalue weighted by atomic mass is 16.5. The van der Waals surface area contributed by atoms with Gasteiger partial charge in [0.05, 0.1) is 6.61 Å². The summed E-state index contributed by atoms with van der Waals surface area (Å²) in [5.74, 6) is 0.0385. The molecule has 0 aliphatic heterocycles. The van der Waals surface area contributed by atoms with Gasteiger partial charge in [0.15, 0.2) is 5.82 Å². The van der Waals surface area contributed by atoms with Crippen LogP contribution in [0.1, 0.15) is 16.1 Å². The van der Waals surface area contributed by atoms with E-state index in [0.717, 1.165) is 13.1 Å². The molecule has 7 nitrogen and oxygen atoms in total. The maximum Gasteiger partial charge on any atom is 0.256 e. The average molecular weight is 255 g/mol. The number of aryl methyl sites for hydroxylation is 1. The Morgan fingerprint density at radius 3 is 2.83 bits per heavy atom. The van der Waals surface area contributed by atoms with Crippen molar-refractivity contribution in [3.8, 4) is 0 Å². The van der Waals surface area contributed by atoms with E-state index < -0.39 is 0 Å². The van der Waals surface area contributed by atoms with E-state index in [0.29, 0.717) is 24.4 Å². The predicted molar refractivity (Wildman–Crippen MR) is 69.4 cm³/mol. The van der Waals surface area contributed by atoms with Crippen molar-refractivity contribution in [1.29, 1.82) is 0 Å². The quantitative estimate of drug-likeness (QED) is 0.616. The fraction of sp³-hybridized carbons (Fsp3) is 0.636. The number of nitrogens with two attached hydrogens (primary N) is 1. The maximum atomic E-state index is 11.8. The molecule has 1 rings (SSSR count). The van der Waals surface area contributed by atoms with Crippen LogP contribution in [0.25, 0.3) is 0 Å². The van der Waals surface area contributed by atoms with E-state index in [-0.39, 0.29) is 11.7 Å². The molecule has 0 unspecified atom stereocenters. The number of hydrogen-bond donors (Lipinski definition) is 3. The van der Waals surface area contributed by atoms with Gasteiger partial charge in [0.2, 0.25) is 0 Å². The largest absolute Gasteiger partial charge is 0.383 e. The van der Waals surface area contributed by atoms with E-state index in [2.05, 4.69) is 20.4 Å². The Morgan fingerprint density at radius 1 is 1.56 bits per heavy atom. The fourth-order valence-corrected chi connectivity index (χ4v) is 1.54. The Labute approximate surface area is 107 Å². The summed E-state index contributed by atoms with van der Waals surface area (Å²) in [6, 6.07) is 0. The van der Waals surface area contributed by atoms with Gasteiger partial charge in [-0.3, -0.25) is 9.89 Å². The van der Waals surface area contributed by atoms with Gasteiger partial charge in [-0.05, 0) is 14.0 Å². The van der Waals surface area contributed by atoms with Gasteiger partial charge in [0, 0.05) is 32.4 Å². The lowest BCUT2D eigenvalue weighted by Crippen LogP contribution is -2.34. The fourth-order valence-electron chi connectivity index (χ4n) is 1.54. The van der Waals surface area contributed by atoms with Crippen LogP contribution in [0.2, 0.25) is 0 Å². The summed E-state index contributed by atoms with van der Waals surface area (Å²) in [4.78, 5) is 13.9. The molecular weight excluding hydrogens is 234 g/mol. The van der Waals surface area contributed by atoms with Crippen LogP contribution in [0.4, 0.5) is 5.82 Å². The first-order valence-electron chi connectivity index (χ1n) is 5.82. The average Bonchev–Trinajstić information content (AvgIpc) is 2.66. The number of aromatic nitrogens is 2. The molecule has 0 aromatic carbocycles. The molecule has 0 saturated carbocycles. The van der Waals surface area contributed by atoms with Crippen molar-refractivity contribution in [3.05, 3.63) is 11.3 Å². The predicted octanol–water partition coefficient (Wildman–Crippen LogP) is -0.392. The van der Waals surface area contributed by atoms with Gasteiger partial charge in [-0.25, -0.2) is 0 Å². The molecule has 0 atom stereocenters. The summed E-state index contributed by atoms with van der Waals surface area (Å²) in [6.07, 6.45) is 0. The van der Waals surface area contributed by atoms with Crippen LogP contribution in [0.15, 0.2) is 0 Å². The summed E-state index contributed by atoms with van der Waals surface area (Å²) in [6.45, 7) is 4.59. The monoisotopic (exact) mass is 255 g/mol. The Hall–Kier alpha value is -1.60. The summed E-state index contributed by atoms with van der Waals surface area (Å²) in [7, 11) is 3.64. The standard InChI is InChI=1S/C11H21N5O2/c1-8-9(10(12)15-14-8)11(17)13-4-5-16(2)6-7-18-3/h4-7H2,1-3H3,(H,13,17)(H3,12,14,15). The van der Waals surface area contributed by atoms with Crippen LogP contribution < -0.4 is 11.1 Å². The number of nitrogens with zero attached hydrogens (tertiary/aromatic N) is 2. The molecule has 1 amide bonds.